The summed E-state index contributed by atoms with van der Waals surface area (Å²) < 4.78 is 1.08. The fourth-order valence-electron chi connectivity index (χ4n) is 1.90. The molecule has 0 bridgehead atoms. The minimum atomic E-state index is 0.299. The fraction of sp³-hybridized carbons (Fsp3) is 0.143. The van der Waals surface area contributed by atoms with E-state index in [1.165, 1.54) is 11.1 Å². The molecule has 98 valence electrons. The number of nitrogens with two attached hydrogens (primary N) is 1. The number of nitrogens with one attached hydrogen (secondary N) is 1. The molecule has 0 amide bonds. The summed E-state index contributed by atoms with van der Waals surface area (Å²) in [7, 11) is 0. The second kappa shape index (κ2) is 5.67. The molecule has 0 radical (unpaired) electrons. The Morgan fingerprint density at radius 2 is 1.89 bits per heavy atom. The number of benzene rings is 1. The molecule has 5 heteroatoms. The van der Waals surface area contributed by atoms with Crippen LogP contribution in [-0.2, 0) is 0 Å². The smallest absolute Gasteiger partial charge is 0.122 e. The highest BCUT2D eigenvalue weighted by atomic mass is 79.9. The van der Waals surface area contributed by atoms with E-state index < -0.39 is 0 Å². The lowest BCUT2D eigenvalue weighted by Crippen LogP contribution is -2.11. The van der Waals surface area contributed by atoms with Gasteiger partial charge in [0.1, 0.15) is 4.99 Å². The number of thiocarbonyl (C=S) groups is 1. The van der Waals surface area contributed by atoms with Crippen molar-refractivity contribution in [3.8, 4) is 0 Å². The molecule has 2 rings (SSSR count). The molecule has 1 heterocycles. The number of nitrogens with zero attached hydrogens (tertiary/aromatic N) is 1. The molecule has 0 saturated carbocycles. The zero-order valence-corrected chi connectivity index (χ0v) is 13.1. The Balaban J connectivity index is 2.36. The van der Waals surface area contributed by atoms with Crippen molar-refractivity contribution in [1.82, 2.24) is 4.98 Å². The first-order chi connectivity index (χ1) is 8.97. The van der Waals surface area contributed by atoms with Gasteiger partial charge in [-0.15, -0.1) is 0 Å². The Kier molecular flexibility index (Phi) is 4.17. The van der Waals surface area contributed by atoms with Gasteiger partial charge in [0.15, 0.2) is 0 Å². The Bertz CT molecular complexity index is 617. The van der Waals surface area contributed by atoms with Crippen LogP contribution in [0, 0.1) is 13.8 Å². The summed E-state index contributed by atoms with van der Waals surface area (Å²) >= 11 is 8.43. The normalized spacial score (nSPS) is 10.3. The van der Waals surface area contributed by atoms with Gasteiger partial charge < -0.3 is 11.1 Å². The number of aromatic nitrogens is 1. The lowest BCUT2D eigenvalue weighted by molar-refractivity contribution is 1.28. The van der Waals surface area contributed by atoms with E-state index in [2.05, 4.69) is 52.2 Å². The molecule has 0 spiro atoms. The van der Waals surface area contributed by atoms with E-state index in [0.29, 0.717) is 10.7 Å². The van der Waals surface area contributed by atoms with E-state index >= 15 is 0 Å². The van der Waals surface area contributed by atoms with Crippen LogP contribution < -0.4 is 11.1 Å². The molecule has 0 saturated heterocycles. The van der Waals surface area contributed by atoms with Gasteiger partial charge in [0.05, 0.1) is 5.69 Å². The van der Waals surface area contributed by atoms with E-state index in [1.54, 1.807) is 6.20 Å². The molecule has 0 aliphatic rings. The zero-order chi connectivity index (χ0) is 14.0. The maximum atomic E-state index is 5.59. The number of hydrogen-bond donors (Lipinski definition) is 2. The van der Waals surface area contributed by atoms with E-state index in [-0.39, 0.29) is 0 Å². The minimum Gasteiger partial charge on any atom is -0.388 e. The van der Waals surface area contributed by atoms with Gasteiger partial charge >= 0.3 is 0 Å². The average Bonchev–Trinajstić information content (AvgIpc) is 2.34. The number of anilines is 2. The number of pyridine rings is 1. The third-order valence-corrected chi connectivity index (χ3v) is 3.45. The summed E-state index contributed by atoms with van der Waals surface area (Å²) in [6.45, 7) is 4.13. The van der Waals surface area contributed by atoms with Gasteiger partial charge in [-0.1, -0.05) is 28.1 Å². The van der Waals surface area contributed by atoms with Gasteiger partial charge in [0, 0.05) is 22.0 Å². The second-order valence-corrected chi connectivity index (χ2v) is 5.69. The molecule has 0 atom stereocenters. The summed E-state index contributed by atoms with van der Waals surface area (Å²) in [5, 5.41) is 3.39. The summed E-state index contributed by atoms with van der Waals surface area (Å²) in [6, 6.07) is 7.89. The molecule has 2 aromatic rings. The molecular formula is C14H14BrN3S. The van der Waals surface area contributed by atoms with Crippen molar-refractivity contribution in [2.24, 2.45) is 5.73 Å². The Morgan fingerprint density at radius 3 is 2.47 bits per heavy atom. The third-order valence-electron chi connectivity index (χ3n) is 2.78. The molecule has 0 aliphatic heterocycles. The van der Waals surface area contributed by atoms with Crippen molar-refractivity contribution in [2.45, 2.75) is 13.8 Å². The molecule has 3 nitrogen and oxygen atoms in total. The van der Waals surface area contributed by atoms with Crippen LogP contribution in [0.15, 0.2) is 34.9 Å². The zero-order valence-electron chi connectivity index (χ0n) is 10.7. The molecule has 0 unspecified atom stereocenters. The maximum absolute atomic E-state index is 5.59. The van der Waals surface area contributed by atoms with Crippen molar-refractivity contribution in [1.29, 1.82) is 0 Å². The largest absolute Gasteiger partial charge is 0.388 e. The topological polar surface area (TPSA) is 50.9 Å². The highest BCUT2D eigenvalue weighted by Crippen LogP contribution is 2.28. The van der Waals surface area contributed by atoms with Crippen molar-refractivity contribution in [2.75, 3.05) is 5.32 Å². The van der Waals surface area contributed by atoms with E-state index in [1.807, 2.05) is 12.1 Å². The van der Waals surface area contributed by atoms with Gasteiger partial charge in [0.25, 0.3) is 0 Å². The highest BCUT2D eigenvalue weighted by Gasteiger charge is 2.06. The minimum absolute atomic E-state index is 0.299. The van der Waals surface area contributed by atoms with E-state index in [9.17, 15) is 0 Å². The third kappa shape index (κ3) is 3.30. The lowest BCUT2D eigenvalue weighted by Gasteiger charge is -2.14. The average molecular weight is 336 g/mol. The van der Waals surface area contributed by atoms with Crippen LogP contribution in [0.3, 0.4) is 0 Å². The molecular weight excluding hydrogens is 322 g/mol. The number of hydrogen-bond acceptors (Lipinski definition) is 3. The van der Waals surface area contributed by atoms with Gasteiger partial charge in [-0.05, 0) is 49.2 Å². The predicted molar refractivity (Wildman–Crippen MR) is 87.0 cm³/mol. The molecule has 0 aliphatic carbocycles. The molecule has 3 N–H and O–H groups in total. The fourth-order valence-corrected chi connectivity index (χ4v) is 2.69. The first-order valence-corrected chi connectivity index (χ1v) is 6.97. The van der Waals surface area contributed by atoms with Gasteiger partial charge in [-0.2, -0.15) is 0 Å². The van der Waals surface area contributed by atoms with Crippen LogP contribution in [0.1, 0.15) is 16.8 Å². The summed E-state index contributed by atoms with van der Waals surface area (Å²) in [6.07, 6.45) is 1.69. The SMILES string of the molecule is Cc1cc(Br)cc(C)c1Nc1ccnc(C(N)=S)c1. The molecule has 1 aromatic carbocycles. The maximum Gasteiger partial charge on any atom is 0.122 e. The van der Waals surface area contributed by atoms with Crippen LogP contribution >= 0.6 is 28.1 Å². The number of rotatable bonds is 3. The Hall–Kier alpha value is -1.46. The summed E-state index contributed by atoms with van der Waals surface area (Å²) in [4.78, 5) is 4.42. The van der Waals surface area contributed by atoms with Crippen molar-refractivity contribution in [3.05, 3.63) is 51.8 Å². The highest BCUT2D eigenvalue weighted by molar-refractivity contribution is 9.10. The van der Waals surface area contributed by atoms with Crippen LogP contribution in [0.2, 0.25) is 0 Å². The van der Waals surface area contributed by atoms with Crippen LogP contribution in [0.25, 0.3) is 0 Å². The Labute approximate surface area is 126 Å². The van der Waals surface area contributed by atoms with Crippen LogP contribution in [0.5, 0.6) is 0 Å². The standard InChI is InChI=1S/C14H14BrN3S/c1-8-5-10(15)6-9(2)13(8)18-11-3-4-17-12(7-11)14(16)19/h3-7H,1-2H3,(H2,16,19)(H,17,18). The van der Waals surface area contributed by atoms with Crippen LogP contribution in [0.4, 0.5) is 11.4 Å². The van der Waals surface area contributed by atoms with Crippen molar-refractivity contribution < 1.29 is 0 Å². The molecule has 19 heavy (non-hydrogen) atoms. The quantitative estimate of drug-likeness (QED) is 0.836. The Morgan fingerprint density at radius 1 is 1.26 bits per heavy atom. The second-order valence-electron chi connectivity index (χ2n) is 4.33. The number of aryl methyl sites for hydroxylation is 2. The lowest BCUT2D eigenvalue weighted by atomic mass is 10.1. The van der Waals surface area contributed by atoms with Crippen LogP contribution in [-0.4, -0.2) is 9.97 Å². The monoisotopic (exact) mass is 335 g/mol. The van der Waals surface area contributed by atoms with Gasteiger partial charge in [-0.25, -0.2) is 0 Å². The van der Waals surface area contributed by atoms with Gasteiger partial charge in [0.2, 0.25) is 0 Å². The number of halogens is 1. The van der Waals surface area contributed by atoms with Crippen molar-refractivity contribution >= 4 is 44.5 Å². The first kappa shape index (κ1) is 14.0. The predicted octanol–water partition coefficient (Wildman–Crippen LogP) is 3.84. The summed E-state index contributed by atoms with van der Waals surface area (Å²) in [5.74, 6) is 0. The van der Waals surface area contributed by atoms with Crippen molar-refractivity contribution in [3.63, 3.8) is 0 Å². The van der Waals surface area contributed by atoms with E-state index in [4.69, 9.17) is 18.0 Å². The van der Waals surface area contributed by atoms with Gasteiger partial charge in [-0.3, -0.25) is 4.98 Å². The summed E-state index contributed by atoms with van der Waals surface area (Å²) in [5.41, 5.74) is 10.6. The van der Waals surface area contributed by atoms with E-state index in [0.717, 1.165) is 15.8 Å². The molecule has 0 fully saturated rings. The first-order valence-electron chi connectivity index (χ1n) is 5.77. The molecule has 1 aromatic heterocycles.